The van der Waals surface area contributed by atoms with E-state index in [1.54, 1.807) is 0 Å². The van der Waals surface area contributed by atoms with Crippen LogP contribution < -0.4 is 0 Å². The Hall–Kier alpha value is -0.410. The highest BCUT2D eigenvalue weighted by molar-refractivity contribution is 5.82. The van der Waals surface area contributed by atoms with Gasteiger partial charge in [0.25, 0.3) is 0 Å². The summed E-state index contributed by atoms with van der Waals surface area (Å²) in [6, 6.07) is 0.948. The van der Waals surface area contributed by atoms with Crippen molar-refractivity contribution in [2.75, 3.05) is 19.8 Å². The van der Waals surface area contributed by atoms with Crippen LogP contribution in [0.1, 0.15) is 26.7 Å². The number of piperidine rings is 1. The Morgan fingerprint density at radius 2 is 2.21 bits per heavy atom. The number of carbonyl (C=O) groups excluding carboxylic acids is 1. The van der Waals surface area contributed by atoms with Crippen molar-refractivity contribution in [3.05, 3.63) is 0 Å². The summed E-state index contributed by atoms with van der Waals surface area (Å²) in [5.74, 6) is 0.622. The minimum absolute atomic E-state index is 0.198. The summed E-state index contributed by atoms with van der Waals surface area (Å²) in [7, 11) is 0. The van der Waals surface area contributed by atoms with Crippen molar-refractivity contribution in [1.82, 2.24) is 4.90 Å². The molecule has 2 aliphatic heterocycles. The molecular weight excluding hydrogens is 178 g/mol. The smallest absolute Gasteiger partial charge is 0.138 e. The molecule has 2 heterocycles. The van der Waals surface area contributed by atoms with Crippen LogP contribution in [-0.2, 0) is 9.53 Å². The average Bonchev–Trinajstić information content (AvgIpc) is 2.67. The topological polar surface area (TPSA) is 29.5 Å². The van der Waals surface area contributed by atoms with Crippen molar-refractivity contribution in [1.29, 1.82) is 0 Å². The van der Waals surface area contributed by atoms with Gasteiger partial charge in [0.15, 0.2) is 0 Å². The standard InChI is InChI=1S/C11H19NO2/c1-8-9(2)12(5-3-11(8)13)10-4-6-14-7-10/h8-10H,3-7H2,1-2H3. The third-order valence-corrected chi connectivity index (χ3v) is 3.75. The predicted molar refractivity (Wildman–Crippen MR) is 54.2 cm³/mol. The minimum atomic E-state index is 0.198. The number of hydrogen-bond donors (Lipinski definition) is 0. The maximum absolute atomic E-state index is 11.5. The molecule has 0 saturated carbocycles. The molecule has 0 radical (unpaired) electrons. The third kappa shape index (κ3) is 1.71. The van der Waals surface area contributed by atoms with Gasteiger partial charge in [0.05, 0.1) is 6.61 Å². The summed E-state index contributed by atoms with van der Waals surface area (Å²) in [5, 5.41) is 0. The van der Waals surface area contributed by atoms with Crippen LogP contribution >= 0.6 is 0 Å². The molecule has 0 aromatic heterocycles. The molecule has 2 aliphatic rings. The first kappa shape index (κ1) is 10.1. The van der Waals surface area contributed by atoms with Crippen molar-refractivity contribution in [2.24, 2.45) is 5.92 Å². The van der Waals surface area contributed by atoms with Crippen LogP contribution in [0.25, 0.3) is 0 Å². The molecule has 14 heavy (non-hydrogen) atoms. The molecule has 3 atom stereocenters. The van der Waals surface area contributed by atoms with E-state index in [9.17, 15) is 4.79 Å². The maximum Gasteiger partial charge on any atom is 0.138 e. The normalized spacial score (nSPS) is 40.4. The predicted octanol–water partition coefficient (Wildman–Crippen LogP) is 1.07. The molecule has 3 heteroatoms. The Morgan fingerprint density at radius 1 is 1.43 bits per heavy atom. The lowest BCUT2D eigenvalue weighted by Gasteiger charge is -2.40. The second-order valence-electron chi connectivity index (χ2n) is 4.50. The molecule has 0 aromatic rings. The van der Waals surface area contributed by atoms with Gasteiger partial charge in [0.1, 0.15) is 5.78 Å². The van der Waals surface area contributed by atoms with E-state index in [0.717, 1.165) is 32.6 Å². The van der Waals surface area contributed by atoms with E-state index in [0.29, 0.717) is 17.9 Å². The number of Topliss-reactive ketones (excluding diaryl/α,β-unsaturated/α-hetero) is 1. The van der Waals surface area contributed by atoms with Gasteiger partial charge in [-0.25, -0.2) is 0 Å². The molecule has 2 fully saturated rings. The lowest BCUT2D eigenvalue weighted by Crippen LogP contribution is -2.51. The van der Waals surface area contributed by atoms with Gasteiger partial charge in [0.2, 0.25) is 0 Å². The maximum atomic E-state index is 11.5. The van der Waals surface area contributed by atoms with Crippen molar-refractivity contribution in [3.8, 4) is 0 Å². The lowest BCUT2D eigenvalue weighted by molar-refractivity contribution is -0.128. The summed E-state index contributed by atoms with van der Waals surface area (Å²) in [4.78, 5) is 14.0. The summed E-state index contributed by atoms with van der Waals surface area (Å²) in [6.07, 6.45) is 1.85. The molecule has 0 N–H and O–H groups in total. The monoisotopic (exact) mass is 197 g/mol. The summed E-state index contributed by atoms with van der Waals surface area (Å²) >= 11 is 0. The molecule has 0 amide bonds. The molecular formula is C11H19NO2. The van der Waals surface area contributed by atoms with Crippen LogP contribution in [0.5, 0.6) is 0 Å². The fraction of sp³-hybridized carbons (Fsp3) is 0.909. The Labute approximate surface area is 85.4 Å². The van der Waals surface area contributed by atoms with Gasteiger partial charge in [-0.05, 0) is 13.3 Å². The van der Waals surface area contributed by atoms with E-state index < -0.39 is 0 Å². The van der Waals surface area contributed by atoms with Gasteiger partial charge in [-0.3, -0.25) is 9.69 Å². The fourth-order valence-electron chi connectivity index (χ4n) is 2.53. The molecule has 0 aliphatic carbocycles. The van der Waals surface area contributed by atoms with Crippen molar-refractivity contribution in [3.63, 3.8) is 0 Å². The highest BCUT2D eigenvalue weighted by Gasteiger charge is 2.35. The number of ether oxygens (including phenoxy) is 1. The molecule has 0 aromatic carbocycles. The van der Waals surface area contributed by atoms with Gasteiger partial charge in [-0.15, -0.1) is 0 Å². The first-order chi connectivity index (χ1) is 6.70. The van der Waals surface area contributed by atoms with E-state index in [-0.39, 0.29) is 5.92 Å². The van der Waals surface area contributed by atoms with Crippen LogP contribution in [0.4, 0.5) is 0 Å². The largest absolute Gasteiger partial charge is 0.380 e. The van der Waals surface area contributed by atoms with E-state index in [1.165, 1.54) is 0 Å². The molecule has 0 bridgehead atoms. The van der Waals surface area contributed by atoms with Gasteiger partial charge >= 0.3 is 0 Å². The first-order valence-electron chi connectivity index (χ1n) is 5.56. The van der Waals surface area contributed by atoms with Crippen LogP contribution in [0.15, 0.2) is 0 Å². The van der Waals surface area contributed by atoms with Crippen molar-refractivity contribution < 1.29 is 9.53 Å². The lowest BCUT2D eigenvalue weighted by atomic mass is 9.89. The average molecular weight is 197 g/mol. The second kappa shape index (κ2) is 3.99. The Morgan fingerprint density at radius 3 is 2.86 bits per heavy atom. The molecule has 80 valence electrons. The molecule has 2 rings (SSSR count). The van der Waals surface area contributed by atoms with E-state index >= 15 is 0 Å². The van der Waals surface area contributed by atoms with Gasteiger partial charge < -0.3 is 4.74 Å². The molecule has 2 saturated heterocycles. The number of hydrogen-bond acceptors (Lipinski definition) is 3. The van der Waals surface area contributed by atoms with Gasteiger partial charge in [-0.2, -0.15) is 0 Å². The first-order valence-corrected chi connectivity index (χ1v) is 5.56. The van der Waals surface area contributed by atoms with Crippen LogP contribution in [-0.4, -0.2) is 42.5 Å². The van der Waals surface area contributed by atoms with E-state index in [4.69, 9.17) is 4.74 Å². The van der Waals surface area contributed by atoms with Crippen molar-refractivity contribution >= 4 is 5.78 Å². The second-order valence-corrected chi connectivity index (χ2v) is 4.50. The summed E-state index contributed by atoms with van der Waals surface area (Å²) in [6.45, 7) is 6.88. The van der Waals surface area contributed by atoms with E-state index in [2.05, 4.69) is 18.7 Å². The number of nitrogens with zero attached hydrogens (tertiary/aromatic N) is 1. The fourth-order valence-corrected chi connectivity index (χ4v) is 2.53. The zero-order valence-electron chi connectivity index (χ0n) is 9.03. The zero-order chi connectivity index (χ0) is 10.1. The Bertz CT molecular complexity index is 223. The van der Waals surface area contributed by atoms with Gasteiger partial charge in [0, 0.05) is 37.6 Å². The SMILES string of the molecule is CC1C(=O)CCN(C2CCOC2)C1C. The minimum Gasteiger partial charge on any atom is -0.380 e. The highest BCUT2D eigenvalue weighted by atomic mass is 16.5. The molecule has 3 nitrogen and oxygen atoms in total. The number of ketones is 1. The summed E-state index contributed by atoms with van der Waals surface area (Å²) in [5.41, 5.74) is 0. The quantitative estimate of drug-likeness (QED) is 0.630. The highest BCUT2D eigenvalue weighted by Crippen LogP contribution is 2.25. The van der Waals surface area contributed by atoms with Gasteiger partial charge in [-0.1, -0.05) is 6.92 Å². The number of likely N-dealkylation sites (tertiary alicyclic amines) is 1. The number of rotatable bonds is 1. The van der Waals surface area contributed by atoms with Crippen molar-refractivity contribution in [2.45, 2.75) is 38.8 Å². The summed E-state index contributed by atoms with van der Waals surface area (Å²) < 4.78 is 5.39. The molecule has 3 unspecified atom stereocenters. The Kier molecular flexibility index (Phi) is 2.88. The number of carbonyl (C=O) groups is 1. The Balaban J connectivity index is 2.01. The van der Waals surface area contributed by atoms with E-state index in [1.807, 2.05) is 0 Å². The van der Waals surface area contributed by atoms with Crippen LogP contribution in [0.3, 0.4) is 0 Å². The van der Waals surface area contributed by atoms with Crippen LogP contribution in [0.2, 0.25) is 0 Å². The third-order valence-electron chi connectivity index (χ3n) is 3.75. The zero-order valence-corrected chi connectivity index (χ0v) is 9.03. The molecule has 0 spiro atoms. The van der Waals surface area contributed by atoms with Crippen LogP contribution in [0, 0.1) is 5.92 Å².